The topological polar surface area (TPSA) is 67.1 Å². The van der Waals surface area contributed by atoms with E-state index in [0.29, 0.717) is 6.04 Å². The van der Waals surface area contributed by atoms with E-state index in [-0.39, 0.29) is 0 Å². The molecule has 0 spiro atoms. The molecule has 0 bridgehead atoms. The van der Waals surface area contributed by atoms with E-state index in [2.05, 4.69) is 27.1 Å². The number of nitrogens with two attached hydrogens (primary N) is 1. The maximum atomic E-state index is 5.71. The lowest BCUT2D eigenvalue weighted by Crippen LogP contribution is -2.41. The van der Waals surface area contributed by atoms with Crippen LogP contribution in [0.1, 0.15) is 32.6 Å². The molecule has 5 heteroatoms. The molecule has 1 aliphatic heterocycles. The minimum atomic E-state index is 0.535. The summed E-state index contributed by atoms with van der Waals surface area (Å²) in [6.07, 6.45) is 6.44. The summed E-state index contributed by atoms with van der Waals surface area (Å²) in [5, 5.41) is 3.23. The van der Waals surface area contributed by atoms with Crippen LogP contribution in [-0.2, 0) is 0 Å². The average Bonchev–Trinajstić information content (AvgIpc) is 2.40. The molecule has 0 aliphatic carbocycles. The predicted molar refractivity (Wildman–Crippen MR) is 74.9 cm³/mol. The molecule has 0 amide bonds. The summed E-state index contributed by atoms with van der Waals surface area (Å²) in [5.74, 6) is 1.93. The number of hydrogen-bond donors (Lipinski definition) is 2. The van der Waals surface area contributed by atoms with Crippen LogP contribution in [0.25, 0.3) is 0 Å². The zero-order chi connectivity index (χ0) is 12.8. The van der Waals surface area contributed by atoms with Crippen LogP contribution >= 0.6 is 0 Å². The standard InChI is InChI=1S/C13H23N5/c1-2-15-12-9-13(17-10-16-12)18-8-4-3-5-11(18)6-7-14/h9-11H,2-8,14H2,1H3,(H,15,16,17). The fourth-order valence-corrected chi connectivity index (χ4v) is 2.58. The van der Waals surface area contributed by atoms with Crippen LogP contribution in [-0.4, -0.2) is 35.6 Å². The highest BCUT2D eigenvalue weighted by molar-refractivity contribution is 5.49. The van der Waals surface area contributed by atoms with Gasteiger partial charge in [-0.2, -0.15) is 0 Å². The van der Waals surface area contributed by atoms with Crippen molar-refractivity contribution in [2.45, 2.75) is 38.6 Å². The highest BCUT2D eigenvalue weighted by Gasteiger charge is 2.23. The van der Waals surface area contributed by atoms with Gasteiger partial charge in [-0.1, -0.05) is 0 Å². The van der Waals surface area contributed by atoms with E-state index >= 15 is 0 Å². The SMILES string of the molecule is CCNc1cc(N2CCCCC2CCN)ncn1. The van der Waals surface area contributed by atoms with E-state index in [1.54, 1.807) is 6.33 Å². The fraction of sp³-hybridized carbons (Fsp3) is 0.692. The lowest BCUT2D eigenvalue weighted by Gasteiger charge is -2.36. The van der Waals surface area contributed by atoms with Gasteiger partial charge in [0.15, 0.2) is 0 Å². The summed E-state index contributed by atoms with van der Waals surface area (Å²) in [6.45, 7) is 4.77. The van der Waals surface area contributed by atoms with Crippen molar-refractivity contribution in [3.05, 3.63) is 12.4 Å². The smallest absolute Gasteiger partial charge is 0.134 e. The van der Waals surface area contributed by atoms with Crippen LogP contribution in [0.5, 0.6) is 0 Å². The van der Waals surface area contributed by atoms with E-state index < -0.39 is 0 Å². The molecule has 0 saturated carbocycles. The lowest BCUT2D eigenvalue weighted by molar-refractivity contribution is 0.438. The first-order chi connectivity index (χ1) is 8.85. The van der Waals surface area contributed by atoms with E-state index in [0.717, 1.165) is 37.7 Å². The van der Waals surface area contributed by atoms with Crippen LogP contribution in [0.15, 0.2) is 12.4 Å². The van der Waals surface area contributed by atoms with Gasteiger partial charge in [0, 0.05) is 25.2 Å². The molecule has 100 valence electrons. The quantitative estimate of drug-likeness (QED) is 0.830. The summed E-state index contributed by atoms with van der Waals surface area (Å²) >= 11 is 0. The zero-order valence-corrected chi connectivity index (χ0v) is 11.1. The van der Waals surface area contributed by atoms with Crippen molar-refractivity contribution in [2.24, 2.45) is 5.73 Å². The maximum Gasteiger partial charge on any atom is 0.134 e. The molecule has 1 aliphatic rings. The highest BCUT2D eigenvalue weighted by atomic mass is 15.2. The van der Waals surface area contributed by atoms with Gasteiger partial charge in [0.05, 0.1) is 0 Å². The van der Waals surface area contributed by atoms with Gasteiger partial charge in [-0.3, -0.25) is 0 Å². The van der Waals surface area contributed by atoms with Crippen LogP contribution in [0.2, 0.25) is 0 Å². The summed E-state index contributed by atoms with van der Waals surface area (Å²) < 4.78 is 0. The Balaban J connectivity index is 2.14. The van der Waals surface area contributed by atoms with Gasteiger partial charge in [0.25, 0.3) is 0 Å². The van der Waals surface area contributed by atoms with E-state index in [1.165, 1.54) is 19.3 Å². The molecular weight excluding hydrogens is 226 g/mol. The van der Waals surface area contributed by atoms with E-state index in [4.69, 9.17) is 5.73 Å². The van der Waals surface area contributed by atoms with Crippen LogP contribution < -0.4 is 16.0 Å². The van der Waals surface area contributed by atoms with E-state index in [1.807, 2.05) is 6.07 Å². The molecule has 1 saturated heterocycles. The van der Waals surface area contributed by atoms with Crippen molar-refractivity contribution in [1.82, 2.24) is 9.97 Å². The molecule has 1 fully saturated rings. The highest BCUT2D eigenvalue weighted by Crippen LogP contribution is 2.25. The Morgan fingerprint density at radius 3 is 3.11 bits per heavy atom. The molecular formula is C13H23N5. The Labute approximate surface area is 109 Å². The van der Waals surface area contributed by atoms with Gasteiger partial charge in [-0.15, -0.1) is 0 Å². The number of rotatable bonds is 5. The molecule has 0 aromatic carbocycles. The Hall–Kier alpha value is -1.36. The van der Waals surface area contributed by atoms with Crippen molar-refractivity contribution in [3.8, 4) is 0 Å². The number of aromatic nitrogens is 2. The molecule has 18 heavy (non-hydrogen) atoms. The number of nitrogens with zero attached hydrogens (tertiary/aromatic N) is 3. The third kappa shape index (κ3) is 3.10. The van der Waals surface area contributed by atoms with Crippen LogP contribution in [0.4, 0.5) is 11.6 Å². The van der Waals surface area contributed by atoms with Gasteiger partial charge in [0.1, 0.15) is 18.0 Å². The Morgan fingerprint density at radius 1 is 1.44 bits per heavy atom. The molecule has 2 heterocycles. The van der Waals surface area contributed by atoms with Gasteiger partial charge >= 0.3 is 0 Å². The normalized spacial score (nSPS) is 19.9. The number of piperidine rings is 1. The van der Waals surface area contributed by atoms with Crippen molar-refractivity contribution < 1.29 is 0 Å². The zero-order valence-electron chi connectivity index (χ0n) is 11.1. The lowest BCUT2D eigenvalue weighted by atomic mass is 9.99. The molecule has 1 aromatic rings. The molecule has 1 aromatic heterocycles. The Kier molecular flexibility index (Phi) is 4.75. The Bertz CT molecular complexity index is 366. The second-order valence-electron chi connectivity index (χ2n) is 4.71. The van der Waals surface area contributed by atoms with Crippen LogP contribution in [0, 0.1) is 0 Å². The number of anilines is 2. The molecule has 1 unspecified atom stereocenters. The van der Waals surface area contributed by atoms with Crippen LogP contribution in [0.3, 0.4) is 0 Å². The minimum absolute atomic E-state index is 0.535. The molecule has 2 rings (SSSR count). The molecule has 1 atom stereocenters. The maximum absolute atomic E-state index is 5.71. The Morgan fingerprint density at radius 2 is 2.33 bits per heavy atom. The average molecular weight is 249 g/mol. The van der Waals surface area contributed by atoms with Gasteiger partial charge in [0.2, 0.25) is 0 Å². The second-order valence-corrected chi connectivity index (χ2v) is 4.71. The summed E-state index contributed by atoms with van der Waals surface area (Å²) in [4.78, 5) is 11.0. The minimum Gasteiger partial charge on any atom is -0.370 e. The monoisotopic (exact) mass is 249 g/mol. The van der Waals surface area contributed by atoms with Gasteiger partial charge in [-0.25, -0.2) is 9.97 Å². The first-order valence-electron chi connectivity index (χ1n) is 6.87. The summed E-state index contributed by atoms with van der Waals surface area (Å²) in [5.41, 5.74) is 5.71. The van der Waals surface area contributed by atoms with E-state index in [9.17, 15) is 0 Å². The molecule has 3 N–H and O–H groups in total. The van der Waals surface area contributed by atoms with Gasteiger partial charge < -0.3 is 16.0 Å². The van der Waals surface area contributed by atoms with Crippen molar-refractivity contribution in [3.63, 3.8) is 0 Å². The predicted octanol–water partition coefficient (Wildman–Crippen LogP) is 1.62. The van der Waals surface area contributed by atoms with Crippen molar-refractivity contribution in [1.29, 1.82) is 0 Å². The third-order valence-corrected chi connectivity index (χ3v) is 3.43. The number of nitrogens with one attached hydrogen (secondary N) is 1. The number of hydrogen-bond acceptors (Lipinski definition) is 5. The largest absolute Gasteiger partial charge is 0.370 e. The third-order valence-electron chi connectivity index (χ3n) is 3.43. The van der Waals surface area contributed by atoms with Gasteiger partial charge in [-0.05, 0) is 39.2 Å². The second kappa shape index (κ2) is 6.54. The van der Waals surface area contributed by atoms with Crippen molar-refractivity contribution in [2.75, 3.05) is 29.9 Å². The summed E-state index contributed by atoms with van der Waals surface area (Å²) in [7, 11) is 0. The van der Waals surface area contributed by atoms with Crippen molar-refractivity contribution >= 4 is 11.6 Å². The molecule has 5 nitrogen and oxygen atoms in total. The fourth-order valence-electron chi connectivity index (χ4n) is 2.58. The first kappa shape index (κ1) is 13.1. The molecule has 0 radical (unpaired) electrons. The first-order valence-corrected chi connectivity index (χ1v) is 6.87. The summed E-state index contributed by atoms with van der Waals surface area (Å²) in [6, 6.07) is 2.58.